The quantitative estimate of drug-likeness (QED) is 0.00411. The van der Waals surface area contributed by atoms with Gasteiger partial charge in [0.05, 0.1) is 44.8 Å². The molecule has 1 spiro atoms. The topological polar surface area (TPSA) is 334 Å². The minimum atomic E-state index is -2.27. The Morgan fingerprint density at radius 3 is 1.84 bits per heavy atom. The van der Waals surface area contributed by atoms with Crippen LogP contribution in [-0.4, -0.2) is 270 Å². The molecule has 30 atom stereocenters. The van der Waals surface area contributed by atoms with Crippen molar-refractivity contribution >= 4 is 163 Å². The van der Waals surface area contributed by atoms with Crippen LogP contribution in [0.15, 0.2) is 149 Å². The van der Waals surface area contributed by atoms with Crippen molar-refractivity contribution in [3.05, 3.63) is 156 Å². The maximum atomic E-state index is 16.9. The molecule has 1 unspecified atom stereocenters. The fourth-order valence-electron chi connectivity index (χ4n) is 18.7. The molecule has 7 fully saturated rings. The summed E-state index contributed by atoms with van der Waals surface area (Å²) in [7, 11) is 0.778. The zero-order valence-electron chi connectivity index (χ0n) is 75.4. The first kappa shape index (κ1) is 103. The number of hydrogen-bond donors (Lipinski definition) is 4. The molecule has 6 aliphatic heterocycles. The van der Waals surface area contributed by atoms with Crippen LogP contribution in [0, 0.1) is 11.8 Å². The van der Waals surface area contributed by atoms with E-state index in [-0.39, 0.29) is 58.5 Å². The van der Waals surface area contributed by atoms with E-state index >= 15 is 9.59 Å². The van der Waals surface area contributed by atoms with Crippen molar-refractivity contribution in [1.82, 2.24) is 0 Å². The van der Waals surface area contributed by atoms with Gasteiger partial charge in [-0.2, -0.15) is 0 Å². The molecular formula is C95H120Br2I2O28S2SeSi. The van der Waals surface area contributed by atoms with Crippen molar-refractivity contribution in [2.24, 2.45) is 11.8 Å². The number of benzene rings is 6. The number of methoxy groups -OCH3 is 2. The number of ketones is 2. The third-order valence-corrected chi connectivity index (χ3v) is 40.3. The minimum absolute atomic E-state index is 0.0296. The summed E-state index contributed by atoms with van der Waals surface area (Å²) in [5.41, 5.74) is -0.740. The van der Waals surface area contributed by atoms with Gasteiger partial charge in [-0.15, -0.1) is 23.5 Å². The number of carbonyl (C=O) groups excluding carboxylic acids is 4. The first-order chi connectivity index (χ1) is 62.9. The van der Waals surface area contributed by atoms with E-state index in [0.29, 0.717) is 28.0 Å². The van der Waals surface area contributed by atoms with Gasteiger partial charge in [-0.3, -0.25) is 9.59 Å². The molecule has 6 saturated heterocycles. The molecule has 0 radical (unpaired) electrons. The molecule has 6 heterocycles. The third kappa shape index (κ3) is 23.3. The van der Waals surface area contributed by atoms with E-state index in [0.717, 1.165) is 41.0 Å². The van der Waals surface area contributed by atoms with E-state index < -0.39 is 240 Å². The Bertz CT molecular complexity index is 4750. The summed E-state index contributed by atoms with van der Waals surface area (Å²) in [6, 6.07) is 45.6. The van der Waals surface area contributed by atoms with Crippen molar-refractivity contribution in [1.29, 1.82) is 0 Å². The van der Waals surface area contributed by atoms with Crippen LogP contribution in [0.2, 0.25) is 22.9 Å². The van der Waals surface area contributed by atoms with E-state index in [1.54, 1.807) is 66.9 Å². The van der Waals surface area contributed by atoms with Crippen molar-refractivity contribution in [2.45, 2.75) is 319 Å². The molecule has 131 heavy (non-hydrogen) atoms. The Hall–Kier alpha value is -3.64. The van der Waals surface area contributed by atoms with E-state index in [9.17, 15) is 30.0 Å². The second-order valence-corrected chi connectivity index (χ2v) is 49.0. The van der Waals surface area contributed by atoms with Crippen LogP contribution in [0.5, 0.6) is 17.2 Å². The van der Waals surface area contributed by atoms with E-state index in [4.69, 9.17) is 94.7 Å². The molecule has 6 aromatic rings. The standard InChI is InChI=1S/C95H120Br2I2O28S2SeSi/c1-14-131(15-2,16-3)127-79-68(98)89(112-50(6)75(79)108-12)121-82-76(115-54(10)100)51(7)113-92(85(82)130-61-37-27-20-28-38-61)116-58-42-56-41-57-43-62(77(109-13)73(105)74-52(8)123-95(124-74)39-29-30-40-95)78(72(104)67(57)71(103)66(56)63(44-58)111-48-110-47-55-31-21-17-22-32-55)119-90-84(129-60-35-25-19-26-36-60)81(70(102)65(46-97)117-90)125-126-91-83(128-59-33-23-18-24-34-59)80(69(101)64(45-96)118-91)120-93-86(99)94(11,107)87(53(9)114-93)122-88(106)49(4)5/h17-28,31-38,41-42,44,49-53,62,64-65,68-70,74-87,89-93,101-103,107H,14-16,29-30,39-40,43,45-48H2,1-13H3/t50-,51-,52-,53+,62?,64-,65-,68+,69-,70-,74+,75+,76+,77+,78+,79-,80+,81+,82+,83-,84-,85-,86+,87+,89-,90+,91+,92+,93+,94+/m1/s1. The SMILES string of the molecule is CC[Si](CC)(CC)O[C@@H]1[C@H](I)[C@@H](O[C@H]2[C@@H](OC(C)=O)[C@@H](C)O[C@@H](Oc3cc(OCOCc4ccccc4)c4c(O)c5c(cc4c3)CC([C@H](OC)C(=O)[C@H]3OC4(CCCC4)O[C@@H]3C)[C@H](O[C@@H]3O[C@H](CBr)[C@@H](O)[C@H](OO[C@@H]4O[C@H](CBr)[C@@H](O)[C@H](O[C@@H]6O[C@@H](C)[C@H](OC(=O)C(C)C)[C@@](C)(O)[C@H]6I)[C@H]4Sc4ccccc4)[C@H]3Sc3ccccc3)C5=O)[C@@H]2[Se]c2ccccc2)O[C@H](C)[C@@H]1OC. The number of fused-ring (bicyclic) bond motifs is 2. The molecule has 14 rings (SSSR count). The summed E-state index contributed by atoms with van der Waals surface area (Å²) in [5.74, 6) is -5.42. The molecule has 1 saturated carbocycles. The van der Waals surface area contributed by atoms with Crippen LogP contribution < -0.4 is 13.9 Å². The normalized spacial score (nSPS) is 34.6. The number of aliphatic hydroxyl groups is 3. The number of esters is 2. The summed E-state index contributed by atoms with van der Waals surface area (Å²) in [6.07, 6.45) is -22.7. The average Bonchev–Trinajstić information content (AvgIpc) is 1.45. The third-order valence-electron chi connectivity index (χ3n) is 25.9. The van der Waals surface area contributed by atoms with Crippen LogP contribution in [0.25, 0.3) is 10.8 Å². The predicted octanol–water partition coefficient (Wildman–Crippen LogP) is 14.6. The van der Waals surface area contributed by atoms with E-state index in [1.165, 1.54) is 37.6 Å². The summed E-state index contributed by atoms with van der Waals surface area (Å²) in [5, 5.41) is 49.5. The number of phenolic OH excluding ortho intramolecular Hbond substituents is 1. The number of halogens is 4. The predicted molar refractivity (Wildman–Crippen MR) is 515 cm³/mol. The molecule has 36 heteroatoms. The molecule has 2 aliphatic carbocycles. The molecule has 718 valence electrons. The van der Waals surface area contributed by atoms with Crippen molar-refractivity contribution < 1.29 is 134 Å². The molecule has 6 aromatic carbocycles. The summed E-state index contributed by atoms with van der Waals surface area (Å²) >= 11 is 13.5. The number of aliphatic hydroxyl groups excluding tert-OH is 2. The Morgan fingerprint density at radius 2 is 1.24 bits per heavy atom. The summed E-state index contributed by atoms with van der Waals surface area (Å²) in [4.78, 5) is 73.4. The number of thioether (sulfide) groups is 2. The number of phenols is 1. The van der Waals surface area contributed by atoms with Crippen LogP contribution in [-0.2, 0) is 113 Å². The van der Waals surface area contributed by atoms with Gasteiger partial charge in [-0.05, 0) is 57.9 Å². The Labute approximate surface area is 825 Å². The first-order valence-electron chi connectivity index (χ1n) is 44.9. The van der Waals surface area contributed by atoms with E-state index in [1.807, 2.05) is 151 Å². The van der Waals surface area contributed by atoms with Crippen molar-refractivity contribution in [2.75, 3.05) is 31.7 Å². The van der Waals surface area contributed by atoms with E-state index in [2.05, 4.69) is 75.2 Å². The molecule has 4 N–H and O–H groups in total. The van der Waals surface area contributed by atoms with Gasteiger partial charge in [0.2, 0.25) is 6.29 Å². The zero-order chi connectivity index (χ0) is 93.5. The fourth-order valence-corrected chi connectivity index (χ4v) is 29.5. The van der Waals surface area contributed by atoms with Crippen molar-refractivity contribution in [3.8, 4) is 17.2 Å². The Morgan fingerprint density at radius 1 is 0.656 bits per heavy atom. The molecule has 0 amide bonds. The second kappa shape index (κ2) is 46.2. The zero-order valence-corrected chi connectivity index (χ0v) is 87.2. The van der Waals surface area contributed by atoms with Gasteiger partial charge in [0, 0.05) is 40.4 Å². The molecule has 0 bridgehead atoms. The van der Waals surface area contributed by atoms with Gasteiger partial charge in [0.25, 0.3) is 0 Å². The van der Waals surface area contributed by atoms with Gasteiger partial charge in [-0.1, -0.05) is 123 Å². The van der Waals surface area contributed by atoms with Gasteiger partial charge >= 0.3 is 408 Å². The Kier molecular flexibility index (Phi) is 36.4. The molecule has 8 aliphatic rings. The summed E-state index contributed by atoms with van der Waals surface area (Å²) < 4.78 is 121. The van der Waals surface area contributed by atoms with Gasteiger partial charge in [-0.25, -0.2) is 9.78 Å². The number of hydrogen-bond acceptors (Lipinski definition) is 30. The van der Waals surface area contributed by atoms with Gasteiger partial charge in [0.1, 0.15) is 36.1 Å². The molecule has 28 nitrogen and oxygen atoms in total. The van der Waals surface area contributed by atoms with Crippen LogP contribution in [0.1, 0.15) is 123 Å². The summed E-state index contributed by atoms with van der Waals surface area (Å²) in [6.45, 7) is 19.8. The van der Waals surface area contributed by atoms with Gasteiger partial charge < -0.3 is 48.5 Å². The van der Waals surface area contributed by atoms with Crippen LogP contribution in [0.3, 0.4) is 0 Å². The number of carbonyl (C=O) groups is 4. The first-order valence-corrected chi connectivity index (χ1v) is 55.7. The molecule has 0 aromatic heterocycles. The fraction of sp³-hybridized carbons (Fsp3) is 0.600. The Balaban J connectivity index is 0.847. The van der Waals surface area contributed by atoms with Crippen LogP contribution >= 0.6 is 101 Å². The second-order valence-electron chi connectivity index (χ2n) is 35.1. The van der Waals surface area contributed by atoms with Crippen molar-refractivity contribution in [3.63, 3.8) is 0 Å². The van der Waals surface area contributed by atoms with Crippen LogP contribution in [0.4, 0.5) is 0 Å². The van der Waals surface area contributed by atoms with Gasteiger partial charge in [0.15, 0.2) is 24.5 Å². The number of ether oxygens (including phenoxy) is 17. The number of aromatic hydroxyl groups is 1. The molecular weight excluding hydrogens is 2170 g/mol. The average molecular weight is 2290 g/mol. The number of rotatable bonds is 37. The monoisotopic (exact) mass is 2290 g/mol. The maximum absolute atomic E-state index is 16.9. The number of Topliss-reactive ketones (excluding diaryl/α,β-unsaturated/α-hetero) is 2. The number of alkyl halides is 4.